The van der Waals surface area contributed by atoms with Crippen LogP contribution >= 0.6 is 0 Å². The average molecular weight is 376 g/mol. The zero-order chi connectivity index (χ0) is 18.7. The standard InChI is InChI=1S/C19H24N2O4S/c1-14-7-8-15(2)18(11-14)26(23,24)21-9-3-5-16(13-21)19(22)20-12-17-6-4-10-25-17/h4,6-8,10-11,16H,3,5,9,12-13H2,1-2H3,(H,20,22)/t16-/m0/s1. The molecular weight excluding hydrogens is 352 g/mol. The monoisotopic (exact) mass is 376 g/mol. The third-order valence-electron chi connectivity index (χ3n) is 4.73. The normalized spacial score (nSPS) is 18.6. The van der Waals surface area contributed by atoms with Gasteiger partial charge in [0.15, 0.2) is 0 Å². The van der Waals surface area contributed by atoms with Gasteiger partial charge < -0.3 is 9.73 Å². The molecule has 3 rings (SSSR count). The molecule has 1 fully saturated rings. The lowest BCUT2D eigenvalue weighted by molar-refractivity contribution is -0.126. The van der Waals surface area contributed by atoms with Crippen molar-refractivity contribution in [3.05, 3.63) is 53.5 Å². The molecule has 0 aliphatic carbocycles. The summed E-state index contributed by atoms with van der Waals surface area (Å²) in [6.07, 6.45) is 2.91. The zero-order valence-corrected chi connectivity index (χ0v) is 15.9. The summed E-state index contributed by atoms with van der Waals surface area (Å²) in [6, 6.07) is 8.97. The van der Waals surface area contributed by atoms with Crippen LogP contribution in [0.25, 0.3) is 0 Å². The number of carbonyl (C=O) groups is 1. The summed E-state index contributed by atoms with van der Waals surface area (Å²) in [5.41, 5.74) is 1.62. The maximum atomic E-state index is 13.1. The van der Waals surface area contributed by atoms with Gasteiger partial charge in [0.1, 0.15) is 5.76 Å². The van der Waals surface area contributed by atoms with E-state index in [-0.39, 0.29) is 18.4 Å². The van der Waals surface area contributed by atoms with Crippen LogP contribution in [0.5, 0.6) is 0 Å². The van der Waals surface area contributed by atoms with Gasteiger partial charge in [-0.05, 0) is 56.0 Å². The summed E-state index contributed by atoms with van der Waals surface area (Å²) in [6.45, 7) is 4.63. The third kappa shape index (κ3) is 3.99. The van der Waals surface area contributed by atoms with Gasteiger partial charge in [-0.15, -0.1) is 0 Å². The van der Waals surface area contributed by atoms with Gasteiger partial charge in [-0.25, -0.2) is 8.42 Å². The fourth-order valence-corrected chi connectivity index (χ4v) is 5.06. The number of hydrogen-bond donors (Lipinski definition) is 1. The van der Waals surface area contributed by atoms with Crippen molar-refractivity contribution in [2.75, 3.05) is 13.1 Å². The number of furan rings is 1. The van der Waals surface area contributed by atoms with Gasteiger partial charge >= 0.3 is 0 Å². The quantitative estimate of drug-likeness (QED) is 0.870. The van der Waals surface area contributed by atoms with Crippen LogP contribution in [-0.2, 0) is 21.4 Å². The van der Waals surface area contributed by atoms with Crippen LogP contribution in [0, 0.1) is 19.8 Å². The molecule has 7 heteroatoms. The first kappa shape index (κ1) is 18.7. The molecule has 1 aromatic heterocycles. The van der Waals surface area contributed by atoms with Gasteiger partial charge in [-0.1, -0.05) is 12.1 Å². The van der Waals surface area contributed by atoms with Crippen molar-refractivity contribution in [1.29, 1.82) is 0 Å². The summed E-state index contributed by atoms with van der Waals surface area (Å²) < 4.78 is 32.8. The Morgan fingerprint density at radius 2 is 2.12 bits per heavy atom. The molecule has 6 nitrogen and oxygen atoms in total. The van der Waals surface area contributed by atoms with E-state index in [2.05, 4.69) is 5.32 Å². The number of nitrogens with zero attached hydrogens (tertiary/aromatic N) is 1. The van der Waals surface area contributed by atoms with Gasteiger partial charge in [0, 0.05) is 13.1 Å². The van der Waals surface area contributed by atoms with Crippen LogP contribution in [0.2, 0.25) is 0 Å². The summed E-state index contributed by atoms with van der Waals surface area (Å²) in [7, 11) is -3.60. The highest BCUT2D eigenvalue weighted by Gasteiger charge is 2.34. The molecule has 0 unspecified atom stereocenters. The molecule has 26 heavy (non-hydrogen) atoms. The number of piperidine rings is 1. The largest absolute Gasteiger partial charge is 0.467 e. The number of hydrogen-bond acceptors (Lipinski definition) is 4. The van der Waals surface area contributed by atoms with Crippen molar-refractivity contribution in [3.63, 3.8) is 0 Å². The Morgan fingerprint density at radius 1 is 1.31 bits per heavy atom. The topological polar surface area (TPSA) is 79.6 Å². The number of nitrogens with one attached hydrogen (secondary N) is 1. The Morgan fingerprint density at radius 3 is 2.85 bits per heavy atom. The number of benzene rings is 1. The third-order valence-corrected chi connectivity index (χ3v) is 6.74. The lowest BCUT2D eigenvalue weighted by Crippen LogP contribution is -2.45. The maximum absolute atomic E-state index is 13.1. The molecule has 1 atom stereocenters. The van der Waals surface area contributed by atoms with E-state index >= 15 is 0 Å². The molecule has 0 bridgehead atoms. The van der Waals surface area contributed by atoms with Gasteiger partial charge in [-0.2, -0.15) is 4.31 Å². The zero-order valence-electron chi connectivity index (χ0n) is 15.1. The second-order valence-electron chi connectivity index (χ2n) is 6.77. The number of rotatable bonds is 5. The smallest absolute Gasteiger partial charge is 0.243 e. The van der Waals surface area contributed by atoms with Crippen LogP contribution in [-0.4, -0.2) is 31.7 Å². The van der Waals surface area contributed by atoms with Gasteiger partial charge in [-0.3, -0.25) is 4.79 Å². The molecule has 140 valence electrons. The predicted octanol–water partition coefficient (Wildman–Crippen LogP) is 2.61. The van der Waals surface area contributed by atoms with Gasteiger partial charge in [0.2, 0.25) is 15.9 Å². The molecular formula is C19H24N2O4S. The molecule has 1 aliphatic rings. The highest BCUT2D eigenvalue weighted by Crippen LogP contribution is 2.26. The number of carbonyl (C=O) groups excluding carboxylic acids is 1. The van der Waals surface area contributed by atoms with E-state index in [1.165, 1.54) is 4.31 Å². The van der Waals surface area contributed by atoms with Crippen LogP contribution in [0.4, 0.5) is 0 Å². The van der Waals surface area contributed by atoms with Crippen molar-refractivity contribution >= 4 is 15.9 Å². The minimum Gasteiger partial charge on any atom is -0.467 e. The number of aryl methyl sites for hydroxylation is 2. The fraction of sp³-hybridized carbons (Fsp3) is 0.421. The Balaban J connectivity index is 1.71. The second kappa shape index (κ2) is 7.63. The van der Waals surface area contributed by atoms with Gasteiger partial charge in [0.25, 0.3) is 0 Å². The van der Waals surface area contributed by atoms with E-state index in [9.17, 15) is 13.2 Å². The minimum absolute atomic E-state index is 0.137. The Labute approximate surface area is 154 Å². The lowest BCUT2D eigenvalue weighted by Gasteiger charge is -2.31. The molecule has 1 amide bonds. The van der Waals surface area contributed by atoms with Gasteiger partial charge in [0.05, 0.1) is 23.6 Å². The van der Waals surface area contributed by atoms with Crippen LogP contribution in [0.15, 0.2) is 45.9 Å². The molecule has 0 radical (unpaired) electrons. The Kier molecular flexibility index (Phi) is 5.48. The SMILES string of the molecule is Cc1ccc(C)c(S(=O)(=O)N2CCC[C@H](C(=O)NCc3ccco3)C2)c1. The summed E-state index contributed by atoms with van der Waals surface area (Å²) in [4.78, 5) is 12.8. The summed E-state index contributed by atoms with van der Waals surface area (Å²) >= 11 is 0. The predicted molar refractivity (Wildman–Crippen MR) is 98.0 cm³/mol. The van der Waals surface area contributed by atoms with E-state index in [0.717, 1.165) is 11.1 Å². The molecule has 0 spiro atoms. The first-order valence-corrected chi connectivity index (χ1v) is 10.2. The number of amides is 1. The first-order valence-electron chi connectivity index (χ1n) is 8.75. The van der Waals surface area contributed by atoms with E-state index in [1.54, 1.807) is 31.4 Å². The fourth-order valence-electron chi connectivity index (χ4n) is 3.23. The van der Waals surface area contributed by atoms with Crippen molar-refractivity contribution in [1.82, 2.24) is 9.62 Å². The van der Waals surface area contributed by atoms with Crippen LogP contribution < -0.4 is 5.32 Å². The Hall–Kier alpha value is -2.12. The molecule has 0 saturated carbocycles. The second-order valence-corrected chi connectivity index (χ2v) is 8.67. The first-order chi connectivity index (χ1) is 12.4. The van der Waals surface area contributed by atoms with Crippen LogP contribution in [0.1, 0.15) is 29.7 Å². The van der Waals surface area contributed by atoms with Crippen molar-refractivity contribution < 1.29 is 17.6 Å². The Bertz CT molecular complexity index is 875. The highest BCUT2D eigenvalue weighted by atomic mass is 32.2. The molecule has 2 aromatic rings. The van der Waals surface area contributed by atoms with E-state index in [0.29, 0.717) is 36.6 Å². The lowest BCUT2D eigenvalue weighted by atomic mass is 9.99. The minimum atomic E-state index is -3.60. The molecule has 2 heterocycles. The summed E-state index contributed by atoms with van der Waals surface area (Å²) in [5, 5.41) is 2.83. The van der Waals surface area contributed by atoms with Crippen molar-refractivity contribution in [2.45, 2.75) is 38.1 Å². The van der Waals surface area contributed by atoms with E-state index in [1.807, 2.05) is 19.1 Å². The highest BCUT2D eigenvalue weighted by molar-refractivity contribution is 7.89. The summed E-state index contributed by atoms with van der Waals surface area (Å²) in [5.74, 6) is 0.190. The number of sulfonamides is 1. The molecule has 1 aliphatic heterocycles. The average Bonchev–Trinajstić information content (AvgIpc) is 3.15. The van der Waals surface area contributed by atoms with E-state index < -0.39 is 10.0 Å². The van der Waals surface area contributed by atoms with Crippen molar-refractivity contribution in [3.8, 4) is 0 Å². The maximum Gasteiger partial charge on any atom is 0.243 e. The van der Waals surface area contributed by atoms with Crippen molar-refractivity contribution in [2.24, 2.45) is 5.92 Å². The molecule has 1 N–H and O–H groups in total. The van der Waals surface area contributed by atoms with Crippen LogP contribution in [0.3, 0.4) is 0 Å². The molecule has 1 saturated heterocycles. The van der Waals surface area contributed by atoms with E-state index in [4.69, 9.17) is 4.42 Å². The molecule has 1 aromatic carbocycles.